The third kappa shape index (κ3) is 4.41. The van der Waals surface area contributed by atoms with Gasteiger partial charge in [-0.15, -0.1) is 11.3 Å². The molecule has 1 saturated heterocycles. The molecular weight excluding hydrogens is 300 g/mol. The van der Waals surface area contributed by atoms with E-state index in [-0.39, 0.29) is 18.7 Å². The summed E-state index contributed by atoms with van der Waals surface area (Å²) in [6.45, 7) is 7.38. The molecule has 0 saturated carbocycles. The first kappa shape index (κ1) is 17.2. The summed E-state index contributed by atoms with van der Waals surface area (Å²) in [4.78, 5) is 20.8. The van der Waals surface area contributed by atoms with Gasteiger partial charge in [0.15, 0.2) is 5.13 Å². The van der Waals surface area contributed by atoms with Gasteiger partial charge in [0.1, 0.15) is 0 Å². The summed E-state index contributed by atoms with van der Waals surface area (Å²) >= 11 is 1.48. The van der Waals surface area contributed by atoms with Gasteiger partial charge in [0.25, 0.3) is 0 Å². The van der Waals surface area contributed by atoms with E-state index in [4.69, 9.17) is 0 Å². The number of rotatable bonds is 6. The SMILES string of the molecule is CCCc1csc(NC(=O)N2CCN(C(CC)CO)CC2)n1. The van der Waals surface area contributed by atoms with Gasteiger partial charge in [0.05, 0.1) is 12.3 Å². The van der Waals surface area contributed by atoms with Crippen LogP contribution in [0.5, 0.6) is 0 Å². The maximum Gasteiger partial charge on any atom is 0.323 e. The van der Waals surface area contributed by atoms with Gasteiger partial charge in [0, 0.05) is 37.6 Å². The topological polar surface area (TPSA) is 68.7 Å². The fraction of sp³-hybridized carbons (Fsp3) is 0.733. The normalized spacial score (nSPS) is 17.5. The smallest absolute Gasteiger partial charge is 0.323 e. The molecule has 2 amide bonds. The van der Waals surface area contributed by atoms with E-state index in [2.05, 4.69) is 29.0 Å². The van der Waals surface area contributed by atoms with Crippen LogP contribution in [0.2, 0.25) is 0 Å². The number of hydrogen-bond donors (Lipinski definition) is 2. The van der Waals surface area contributed by atoms with Crippen LogP contribution >= 0.6 is 11.3 Å². The predicted octanol–water partition coefficient (Wildman–Crippen LogP) is 2.02. The van der Waals surface area contributed by atoms with Crippen LogP contribution in [0.15, 0.2) is 5.38 Å². The Morgan fingerprint density at radius 1 is 1.41 bits per heavy atom. The average Bonchev–Trinajstić information content (AvgIpc) is 2.97. The monoisotopic (exact) mass is 326 g/mol. The molecular formula is C15H26N4O2S. The molecule has 2 heterocycles. The van der Waals surface area contributed by atoms with Crippen molar-refractivity contribution < 1.29 is 9.90 Å². The zero-order chi connectivity index (χ0) is 15.9. The molecule has 124 valence electrons. The lowest BCUT2D eigenvalue weighted by Gasteiger charge is -2.38. The Bertz CT molecular complexity index is 468. The van der Waals surface area contributed by atoms with Gasteiger partial charge in [0.2, 0.25) is 0 Å². The fourth-order valence-corrected chi connectivity index (χ4v) is 3.43. The minimum atomic E-state index is -0.0749. The molecule has 0 radical (unpaired) electrons. The summed E-state index contributed by atoms with van der Waals surface area (Å²) in [5, 5.41) is 14.9. The van der Waals surface area contributed by atoms with Crippen LogP contribution in [-0.2, 0) is 6.42 Å². The maximum absolute atomic E-state index is 12.3. The molecule has 2 rings (SSSR count). The molecule has 2 N–H and O–H groups in total. The van der Waals surface area contributed by atoms with Crippen molar-refractivity contribution in [2.45, 2.75) is 39.2 Å². The van der Waals surface area contributed by atoms with Crippen LogP contribution in [0.4, 0.5) is 9.93 Å². The van der Waals surface area contributed by atoms with Crippen LogP contribution in [0.1, 0.15) is 32.4 Å². The highest BCUT2D eigenvalue weighted by molar-refractivity contribution is 7.13. The number of carbonyl (C=O) groups excluding carboxylic acids is 1. The lowest BCUT2D eigenvalue weighted by atomic mass is 10.2. The molecule has 0 bridgehead atoms. The average molecular weight is 326 g/mol. The third-order valence-corrected chi connectivity index (χ3v) is 4.88. The number of aromatic nitrogens is 1. The van der Waals surface area contributed by atoms with E-state index < -0.39 is 0 Å². The van der Waals surface area contributed by atoms with Crippen LogP contribution in [0.3, 0.4) is 0 Å². The lowest BCUT2D eigenvalue weighted by molar-refractivity contribution is 0.0766. The number of carbonyl (C=O) groups is 1. The third-order valence-electron chi connectivity index (χ3n) is 4.07. The van der Waals surface area contributed by atoms with Crippen molar-refractivity contribution in [3.63, 3.8) is 0 Å². The van der Waals surface area contributed by atoms with E-state index in [9.17, 15) is 9.90 Å². The number of urea groups is 1. The summed E-state index contributed by atoms with van der Waals surface area (Å²) in [7, 11) is 0. The number of aryl methyl sites for hydroxylation is 1. The van der Waals surface area contributed by atoms with E-state index in [1.807, 2.05) is 10.3 Å². The number of thiazole rings is 1. The Balaban J connectivity index is 1.81. The molecule has 1 fully saturated rings. The largest absolute Gasteiger partial charge is 0.395 e. The van der Waals surface area contributed by atoms with Crippen molar-refractivity contribution >= 4 is 22.5 Å². The van der Waals surface area contributed by atoms with E-state index >= 15 is 0 Å². The number of piperazine rings is 1. The fourth-order valence-electron chi connectivity index (χ4n) is 2.70. The van der Waals surface area contributed by atoms with Crippen LogP contribution in [0.25, 0.3) is 0 Å². The molecule has 0 aromatic carbocycles. The molecule has 0 spiro atoms. The van der Waals surface area contributed by atoms with Gasteiger partial charge in [-0.05, 0) is 12.8 Å². The second-order valence-corrected chi connectivity index (χ2v) is 6.45. The van der Waals surface area contributed by atoms with Crippen molar-refractivity contribution in [2.24, 2.45) is 0 Å². The molecule has 0 aliphatic carbocycles. The van der Waals surface area contributed by atoms with Gasteiger partial charge in [-0.25, -0.2) is 9.78 Å². The van der Waals surface area contributed by atoms with Gasteiger partial charge >= 0.3 is 6.03 Å². The Morgan fingerprint density at radius 2 is 2.14 bits per heavy atom. The van der Waals surface area contributed by atoms with Gasteiger partial charge < -0.3 is 10.0 Å². The quantitative estimate of drug-likeness (QED) is 0.839. The minimum absolute atomic E-state index is 0.0749. The lowest BCUT2D eigenvalue weighted by Crippen LogP contribution is -2.53. The molecule has 1 aromatic heterocycles. The zero-order valence-electron chi connectivity index (χ0n) is 13.4. The summed E-state index contributed by atoms with van der Waals surface area (Å²) in [5.74, 6) is 0. The van der Waals surface area contributed by atoms with E-state index in [0.29, 0.717) is 18.2 Å². The molecule has 6 nitrogen and oxygen atoms in total. The number of hydrogen-bond acceptors (Lipinski definition) is 5. The molecule has 1 aliphatic heterocycles. The minimum Gasteiger partial charge on any atom is -0.395 e. The van der Waals surface area contributed by atoms with Gasteiger partial charge in [-0.1, -0.05) is 20.3 Å². The van der Waals surface area contributed by atoms with Crippen LogP contribution in [-0.4, -0.2) is 64.7 Å². The van der Waals surface area contributed by atoms with Crippen molar-refractivity contribution in [2.75, 3.05) is 38.1 Å². The Hall–Kier alpha value is -1.18. The zero-order valence-corrected chi connectivity index (χ0v) is 14.2. The molecule has 1 atom stereocenters. The maximum atomic E-state index is 12.3. The van der Waals surface area contributed by atoms with Crippen molar-refractivity contribution in [1.82, 2.24) is 14.8 Å². The Morgan fingerprint density at radius 3 is 2.73 bits per heavy atom. The van der Waals surface area contributed by atoms with E-state index in [0.717, 1.165) is 38.0 Å². The number of aliphatic hydroxyl groups excluding tert-OH is 1. The molecule has 1 aromatic rings. The number of nitrogens with one attached hydrogen (secondary N) is 1. The van der Waals surface area contributed by atoms with E-state index in [1.54, 1.807) is 0 Å². The molecule has 22 heavy (non-hydrogen) atoms. The molecule has 7 heteroatoms. The summed E-state index contributed by atoms with van der Waals surface area (Å²) < 4.78 is 0. The highest BCUT2D eigenvalue weighted by Crippen LogP contribution is 2.17. The van der Waals surface area contributed by atoms with Crippen LogP contribution in [0, 0.1) is 0 Å². The first-order valence-corrected chi connectivity index (χ1v) is 8.91. The Kier molecular flexibility index (Phi) is 6.60. The van der Waals surface area contributed by atoms with Crippen LogP contribution < -0.4 is 5.32 Å². The number of nitrogens with zero attached hydrogens (tertiary/aromatic N) is 3. The highest BCUT2D eigenvalue weighted by Gasteiger charge is 2.25. The van der Waals surface area contributed by atoms with E-state index in [1.165, 1.54) is 11.3 Å². The van der Waals surface area contributed by atoms with Crippen molar-refractivity contribution in [3.8, 4) is 0 Å². The first-order valence-electron chi connectivity index (χ1n) is 8.03. The molecule has 1 aliphatic rings. The highest BCUT2D eigenvalue weighted by atomic mass is 32.1. The predicted molar refractivity (Wildman–Crippen MR) is 89.4 cm³/mol. The van der Waals surface area contributed by atoms with Crippen molar-refractivity contribution in [1.29, 1.82) is 0 Å². The summed E-state index contributed by atoms with van der Waals surface area (Å²) in [5.41, 5.74) is 1.04. The summed E-state index contributed by atoms with van der Waals surface area (Å²) in [6, 6.07) is 0.134. The second kappa shape index (κ2) is 8.45. The second-order valence-electron chi connectivity index (χ2n) is 5.59. The number of anilines is 1. The first-order chi connectivity index (χ1) is 10.7. The molecule has 1 unspecified atom stereocenters. The summed E-state index contributed by atoms with van der Waals surface area (Å²) in [6.07, 6.45) is 2.94. The number of amides is 2. The van der Waals surface area contributed by atoms with Crippen molar-refractivity contribution in [3.05, 3.63) is 11.1 Å². The standard InChI is InChI=1S/C15H26N4O2S/c1-3-5-12-11-22-14(16-12)17-15(21)19-8-6-18(7-9-19)13(4-2)10-20/h11,13,20H,3-10H2,1-2H3,(H,16,17,21). The van der Waals surface area contributed by atoms with Gasteiger partial charge in [-0.3, -0.25) is 10.2 Å². The Labute approximate surface area is 136 Å². The number of aliphatic hydroxyl groups is 1. The van der Waals surface area contributed by atoms with Gasteiger partial charge in [-0.2, -0.15) is 0 Å².